The van der Waals surface area contributed by atoms with Gasteiger partial charge in [-0.05, 0) is 12.0 Å². The van der Waals surface area contributed by atoms with E-state index in [2.05, 4.69) is 28.8 Å². The molecule has 0 fully saturated rings. The minimum absolute atomic E-state index is 0.321. The molecule has 2 heterocycles. The highest BCUT2D eigenvalue weighted by atomic mass is 16.1. The van der Waals surface area contributed by atoms with E-state index in [4.69, 9.17) is 0 Å². The Balaban J connectivity index is 2.81. The normalized spacial score (nSPS) is 11.1. The molecule has 2 aromatic heterocycles. The summed E-state index contributed by atoms with van der Waals surface area (Å²) in [6.45, 7) is 4.12. The first-order chi connectivity index (χ1) is 6.68. The van der Waals surface area contributed by atoms with Crippen LogP contribution in [-0.2, 0) is 0 Å². The van der Waals surface area contributed by atoms with Crippen molar-refractivity contribution in [3.8, 4) is 0 Å². The van der Waals surface area contributed by atoms with Crippen LogP contribution in [0.25, 0.3) is 10.9 Å². The molecule has 2 aromatic rings. The lowest BCUT2D eigenvalue weighted by Gasteiger charge is -2.06. The van der Waals surface area contributed by atoms with E-state index in [1.54, 1.807) is 18.5 Å². The largest absolute Gasteiger partial charge is 0.345 e. The van der Waals surface area contributed by atoms with Gasteiger partial charge in [0.05, 0.1) is 11.2 Å². The van der Waals surface area contributed by atoms with Crippen LogP contribution in [-0.4, -0.2) is 15.0 Å². The first kappa shape index (κ1) is 8.87. The highest BCUT2D eigenvalue weighted by Crippen LogP contribution is 2.19. The molecule has 0 unspecified atom stereocenters. The maximum atomic E-state index is 11.0. The van der Waals surface area contributed by atoms with Crippen LogP contribution in [0, 0.1) is 0 Å². The fraction of sp³-hybridized carbons (Fsp3) is 0.300. The summed E-state index contributed by atoms with van der Waals surface area (Å²) < 4.78 is 0. The van der Waals surface area contributed by atoms with Crippen molar-refractivity contribution in [1.82, 2.24) is 15.0 Å². The maximum Gasteiger partial charge on any atom is 0.345 e. The van der Waals surface area contributed by atoms with E-state index in [0.717, 1.165) is 16.6 Å². The molecular weight excluding hydrogens is 178 g/mol. The number of fused-ring (bicyclic) bond motifs is 1. The highest BCUT2D eigenvalue weighted by molar-refractivity contribution is 5.79. The Morgan fingerprint density at radius 3 is 2.86 bits per heavy atom. The molecule has 2 rings (SSSR count). The topological polar surface area (TPSA) is 58.6 Å². The van der Waals surface area contributed by atoms with Crippen molar-refractivity contribution in [1.29, 1.82) is 0 Å². The summed E-state index contributed by atoms with van der Waals surface area (Å²) >= 11 is 0. The number of rotatable bonds is 1. The molecule has 0 atom stereocenters. The van der Waals surface area contributed by atoms with Crippen molar-refractivity contribution in [2.45, 2.75) is 19.8 Å². The Hall–Kier alpha value is -1.71. The molecule has 0 radical (unpaired) electrons. The lowest BCUT2D eigenvalue weighted by Crippen LogP contribution is -2.09. The molecule has 0 aliphatic heterocycles. The smallest absolute Gasteiger partial charge is 0.305 e. The van der Waals surface area contributed by atoms with Crippen molar-refractivity contribution < 1.29 is 0 Å². The summed E-state index contributed by atoms with van der Waals surface area (Å²) in [6, 6.07) is 1.78. The van der Waals surface area contributed by atoms with Crippen LogP contribution in [0.2, 0.25) is 0 Å². The Kier molecular flexibility index (Phi) is 2.04. The Morgan fingerprint density at radius 1 is 1.36 bits per heavy atom. The fourth-order valence-electron chi connectivity index (χ4n) is 1.46. The van der Waals surface area contributed by atoms with Crippen LogP contribution in [0.1, 0.15) is 25.5 Å². The highest BCUT2D eigenvalue weighted by Gasteiger charge is 2.06. The van der Waals surface area contributed by atoms with Gasteiger partial charge in [0, 0.05) is 17.8 Å². The molecule has 0 aliphatic carbocycles. The Labute approximate surface area is 81.0 Å². The van der Waals surface area contributed by atoms with Gasteiger partial charge in [0.1, 0.15) is 0 Å². The zero-order chi connectivity index (χ0) is 10.1. The predicted octanol–water partition coefficient (Wildman–Crippen LogP) is 1.44. The lowest BCUT2D eigenvalue weighted by atomic mass is 10.1. The summed E-state index contributed by atoms with van der Waals surface area (Å²) in [4.78, 5) is 21.6. The minimum Gasteiger partial charge on any atom is -0.305 e. The van der Waals surface area contributed by atoms with Gasteiger partial charge >= 0.3 is 5.69 Å². The molecule has 0 saturated heterocycles. The van der Waals surface area contributed by atoms with Gasteiger partial charge in [0.15, 0.2) is 0 Å². The van der Waals surface area contributed by atoms with E-state index in [9.17, 15) is 4.79 Å². The van der Waals surface area contributed by atoms with Crippen molar-refractivity contribution in [3.63, 3.8) is 0 Å². The van der Waals surface area contributed by atoms with E-state index in [1.165, 1.54) is 0 Å². The molecule has 1 N–H and O–H groups in total. The van der Waals surface area contributed by atoms with Crippen molar-refractivity contribution in [2.24, 2.45) is 0 Å². The summed E-state index contributed by atoms with van der Waals surface area (Å²) in [5, 5.41) is 0.919. The zero-order valence-electron chi connectivity index (χ0n) is 8.11. The number of pyridine rings is 1. The predicted molar refractivity (Wildman–Crippen MR) is 54.2 cm³/mol. The van der Waals surface area contributed by atoms with Crippen LogP contribution < -0.4 is 5.69 Å². The van der Waals surface area contributed by atoms with Gasteiger partial charge in [-0.25, -0.2) is 9.78 Å². The van der Waals surface area contributed by atoms with Crippen LogP contribution in [0.15, 0.2) is 23.3 Å². The summed E-state index contributed by atoms with van der Waals surface area (Å²) in [5.74, 6) is 0.325. The SMILES string of the molecule is CC(C)c1nccc2[nH]c(=O)ncc12. The molecule has 0 saturated carbocycles. The minimum atomic E-state index is -0.321. The van der Waals surface area contributed by atoms with Gasteiger partial charge in [-0.2, -0.15) is 0 Å². The lowest BCUT2D eigenvalue weighted by molar-refractivity contribution is 0.832. The summed E-state index contributed by atoms with van der Waals surface area (Å²) in [5.41, 5.74) is 1.44. The number of hydrogen-bond acceptors (Lipinski definition) is 3. The molecule has 0 amide bonds. The third kappa shape index (κ3) is 1.39. The quantitative estimate of drug-likeness (QED) is 0.738. The van der Waals surface area contributed by atoms with Gasteiger partial charge in [-0.3, -0.25) is 4.98 Å². The van der Waals surface area contributed by atoms with Crippen LogP contribution >= 0.6 is 0 Å². The maximum absolute atomic E-state index is 11.0. The fourth-order valence-corrected chi connectivity index (χ4v) is 1.46. The van der Waals surface area contributed by atoms with Crippen molar-refractivity contribution >= 4 is 10.9 Å². The zero-order valence-corrected chi connectivity index (χ0v) is 8.11. The Morgan fingerprint density at radius 2 is 2.14 bits per heavy atom. The van der Waals surface area contributed by atoms with Crippen molar-refractivity contribution in [2.75, 3.05) is 0 Å². The molecular formula is C10H11N3O. The van der Waals surface area contributed by atoms with Crippen LogP contribution in [0.4, 0.5) is 0 Å². The van der Waals surface area contributed by atoms with E-state index < -0.39 is 0 Å². The molecule has 0 aromatic carbocycles. The average Bonchev–Trinajstić information content (AvgIpc) is 2.16. The number of hydrogen-bond donors (Lipinski definition) is 1. The third-order valence-corrected chi connectivity index (χ3v) is 2.12. The van der Waals surface area contributed by atoms with E-state index in [1.807, 2.05) is 0 Å². The first-order valence-electron chi connectivity index (χ1n) is 4.52. The van der Waals surface area contributed by atoms with Gasteiger partial charge in [-0.1, -0.05) is 13.8 Å². The number of H-pyrrole nitrogens is 1. The van der Waals surface area contributed by atoms with E-state index in [0.29, 0.717) is 5.92 Å². The summed E-state index contributed by atoms with van der Waals surface area (Å²) in [7, 11) is 0. The van der Waals surface area contributed by atoms with Crippen LogP contribution in [0.3, 0.4) is 0 Å². The number of nitrogens with one attached hydrogen (secondary N) is 1. The molecule has 0 aliphatic rings. The van der Waals surface area contributed by atoms with Gasteiger partial charge < -0.3 is 4.98 Å². The second-order valence-corrected chi connectivity index (χ2v) is 3.50. The second-order valence-electron chi connectivity index (χ2n) is 3.50. The molecule has 0 bridgehead atoms. The molecule has 4 heteroatoms. The van der Waals surface area contributed by atoms with Gasteiger partial charge in [0.25, 0.3) is 0 Å². The van der Waals surface area contributed by atoms with E-state index >= 15 is 0 Å². The number of aromatic amines is 1. The number of aromatic nitrogens is 3. The van der Waals surface area contributed by atoms with Gasteiger partial charge in [-0.15, -0.1) is 0 Å². The first-order valence-corrected chi connectivity index (χ1v) is 4.52. The molecule has 72 valence electrons. The van der Waals surface area contributed by atoms with E-state index in [-0.39, 0.29) is 5.69 Å². The van der Waals surface area contributed by atoms with Crippen molar-refractivity contribution in [3.05, 3.63) is 34.6 Å². The molecule has 0 spiro atoms. The third-order valence-electron chi connectivity index (χ3n) is 2.12. The standard InChI is InChI=1S/C10H11N3O/c1-6(2)9-7-5-12-10(14)13-8(7)3-4-11-9/h3-6H,1-2H3,(H,12,13,14). The Bertz CT molecular complexity index is 516. The average molecular weight is 189 g/mol. The van der Waals surface area contributed by atoms with Crippen LogP contribution in [0.5, 0.6) is 0 Å². The molecule has 4 nitrogen and oxygen atoms in total. The molecule has 14 heavy (non-hydrogen) atoms. The number of nitrogens with zero attached hydrogens (tertiary/aromatic N) is 2. The monoisotopic (exact) mass is 189 g/mol. The second kappa shape index (κ2) is 3.21. The summed E-state index contributed by atoms with van der Waals surface area (Å²) in [6.07, 6.45) is 3.28. The van der Waals surface area contributed by atoms with Gasteiger partial charge in [0.2, 0.25) is 0 Å².